The molecule has 1 heterocycles. The molecule has 0 aliphatic heterocycles. The molecule has 1 aromatic carbocycles. The normalized spacial score (nSPS) is 11.1. The minimum Gasteiger partial charge on any atom is -0.458 e. The lowest BCUT2D eigenvalue weighted by Crippen LogP contribution is -2.01. The molecule has 0 atom stereocenters. The van der Waals surface area contributed by atoms with Gasteiger partial charge in [-0.05, 0) is 32.1 Å². The Morgan fingerprint density at radius 1 is 1.36 bits per heavy atom. The molecule has 4 nitrogen and oxygen atoms in total. The van der Waals surface area contributed by atoms with Gasteiger partial charge in [0.05, 0.1) is 5.69 Å². The Morgan fingerprint density at radius 3 is 2.68 bits per heavy atom. The van der Waals surface area contributed by atoms with E-state index in [9.17, 15) is 4.79 Å². The SMILES string of the molecule is Cc1nn(C)c(C)c1/C=C/C(=O)OCc1ccc(Cl)cc1Cl. The van der Waals surface area contributed by atoms with Crippen LogP contribution in [-0.2, 0) is 23.2 Å². The molecule has 0 saturated heterocycles. The number of nitrogens with zero attached hydrogens (tertiary/aromatic N) is 2. The molecule has 0 unspecified atom stereocenters. The minimum atomic E-state index is -0.436. The topological polar surface area (TPSA) is 44.1 Å². The summed E-state index contributed by atoms with van der Waals surface area (Å²) >= 11 is 11.8. The van der Waals surface area contributed by atoms with Gasteiger partial charge < -0.3 is 4.74 Å². The van der Waals surface area contributed by atoms with Crippen LogP contribution in [0.1, 0.15) is 22.5 Å². The number of aromatic nitrogens is 2. The Labute approximate surface area is 139 Å². The molecule has 2 rings (SSSR count). The summed E-state index contributed by atoms with van der Waals surface area (Å²) in [5.41, 5.74) is 3.48. The van der Waals surface area contributed by atoms with Crippen LogP contribution in [0.3, 0.4) is 0 Å². The lowest BCUT2D eigenvalue weighted by atomic mass is 10.2. The highest BCUT2D eigenvalue weighted by atomic mass is 35.5. The van der Waals surface area contributed by atoms with Crippen molar-refractivity contribution in [1.82, 2.24) is 9.78 Å². The van der Waals surface area contributed by atoms with E-state index in [1.165, 1.54) is 6.08 Å². The summed E-state index contributed by atoms with van der Waals surface area (Å²) in [6.45, 7) is 3.94. The second-order valence-electron chi connectivity index (χ2n) is 4.88. The largest absolute Gasteiger partial charge is 0.458 e. The Balaban J connectivity index is 1.99. The van der Waals surface area contributed by atoms with Crippen LogP contribution < -0.4 is 0 Å². The first-order valence-electron chi connectivity index (χ1n) is 6.67. The summed E-state index contributed by atoms with van der Waals surface area (Å²) < 4.78 is 6.95. The molecule has 0 aliphatic carbocycles. The smallest absolute Gasteiger partial charge is 0.331 e. The number of aryl methyl sites for hydroxylation is 2. The van der Waals surface area contributed by atoms with Gasteiger partial charge in [0.25, 0.3) is 0 Å². The first kappa shape index (κ1) is 16.6. The van der Waals surface area contributed by atoms with Crippen molar-refractivity contribution in [3.8, 4) is 0 Å². The highest BCUT2D eigenvalue weighted by molar-refractivity contribution is 6.35. The van der Waals surface area contributed by atoms with Crippen molar-refractivity contribution in [1.29, 1.82) is 0 Å². The van der Waals surface area contributed by atoms with Crippen molar-refractivity contribution in [2.24, 2.45) is 7.05 Å². The summed E-state index contributed by atoms with van der Waals surface area (Å²) in [4.78, 5) is 11.8. The van der Waals surface area contributed by atoms with E-state index >= 15 is 0 Å². The van der Waals surface area contributed by atoms with Crippen LogP contribution in [0.2, 0.25) is 10.0 Å². The number of carbonyl (C=O) groups excluding carboxylic acids is 1. The molecule has 0 bridgehead atoms. The Hall–Kier alpha value is -1.78. The number of hydrogen-bond donors (Lipinski definition) is 0. The highest BCUT2D eigenvalue weighted by Gasteiger charge is 2.08. The molecule has 0 aliphatic rings. The van der Waals surface area contributed by atoms with Gasteiger partial charge in [-0.2, -0.15) is 5.10 Å². The van der Waals surface area contributed by atoms with E-state index in [4.69, 9.17) is 27.9 Å². The first-order valence-corrected chi connectivity index (χ1v) is 7.43. The summed E-state index contributed by atoms with van der Waals surface area (Å²) in [5.74, 6) is -0.436. The maximum Gasteiger partial charge on any atom is 0.331 e. The predicted molar refractivity (Wildman–Crippen MR) is 88.0 cm³/mol. The van der Waals surface area contributed by atoms with Crippen molar-refractivity contribution in [3.63, 3.8) is 0 Å². The molecule has 1 aromatic heterocycles. The average Bonchev–Trinajstić information content (AvgIpc) is 2.69. The second-order valence-corrected chi connectivity index (χ2v) is 5.73. The van der Waals surface area contributed by atoms with Crippen molar-refractivity contribution in [3.05, 3.63) is 56.8 Å². The van der Waals surface area contributed by atoms with Crippen molar-refractivity contribution in [2.75, 3.05) is 0 Å². The van der Waals surface area contributed by atoms with Crippen LogP contribution in [0.4, 0.5) is 0 Å². The van der Waals surface area contributed by atoms with E-state index in [0.717, 1.165) is 17.0 Å². The lowest BCUT2D eigenvalue weighted by Gasteiger charge is -2.05. The maximum absolute atomic E-state index is 11.8. The van der Waals surface area contributed by atoms with Gasteiger partial charge in [0.15, 0.2) is 0 Å². The quantitative estimate of drug-likeness (QED) is 0.622. The second kappa shape index (κ2) is 6.99. The lowest BCUT2D eigenvalue weighted by molar-refractivity contribution is -0.138. The fraction of sp³-hybridized carbons (Fsp3) is 0.250. The van der Waals surface area contributed by atoms with Gasteiger partial charge in [-0.25, -0.2) is 4.79 Å². The maximum atomic E-state index is 11.8. The van der Waals surface area contributed by atoms with Crippen LogP contribution >= 0.6 is 23.2 Å². The zero-order chi connectivity index (χ0) is 16.3. The number of esters is 1. The summed E-state index contributed by atoms with van der Waals surface area (Å²) in [5, 5.41) is 5.30. The number of benzene rings is 1. The van der Waals surface area contributed by atoms with E-state index < -0.39 is 5.97 Å². The molecule has 22 heavy (non-hydrogen) atoms. The van der Waals surface area contributed by atoms with Gasteiger partial charge in [0, 0.05) is 40.0 Å². The van der Waals surface area contributed by atoms with Crippen LogP contribution in [0.15, 0.2) is 24.3 Å². The number of carbonyl (C=O) groups is 1. The Bertz CT molecular complexity index is 736. The van der Waals surface area contributed by atoms with Crippen LogP contribution in [0.25, 0.3) is 6.08 Å². The van der Waals surface area contributed by atoms with Crippen molar-refractivity contribution >= 4 is 35.2 Å². The third kappa shape index (κ3) is 3.90. The van der Waals surface area contributed by atoms with Gasteiger partial charge in [0.2, 0.25) is 0 Å². The third-order valence-electron chi connectivity index (χ3n) is 3.34. The zero-order valence-electron chi connectivity index (χ0n) is 12.6. The Morgan fingerprint density at radius 2 is 2.09 bits per heavy atom. The standard InChI is InChI=1S/C16H16Cl2N2O2/c1-10-14(11(2)20(3)19-10)6-7-16(21)22-9-12-4-5-13(17)8-15(12)18/h4-8H,9H2,1-3H3/b7-6+. The molecule has 2 aromatic rings. The molecule has 0 amide bonds. The van der Waals surface area contributed by atoms with Crippen LogP contribution in [0.5, 0.6) is 0 Å². The van der Waals surface area contributed by atoms with Crippen LogP contribution in [0, 0.1) is 13.8 Å². The minimum absolute atomic E-state index is 0.101. The van der Waals surface area contributed by atoms with Crippen molar-refractivity contribution in [2.45, 2.75) is 20.5 Å². The molecular weight excluding hydrogens is 323 g/mol. The van der Waals surface area contributed by atoms with E-state index in [0.29, 0.717) is 15.6 Å². The average molecular weight is 339 g/mol. The molecule has 0 spiro atoms. The summed E-state index contributed by atoms with van der Waals surface area (Å²) in [7, 11) is 1.86. The van der Waals surface area contributed by atoms with Gasteiger partial charge >= 0.3 is 5.97 Å². The Kier molecular flexibility index (Phi) is 5.27. The number of rotatable bonds is 4. The predicted octanol–water partition coefficient (Wildman–Crippen LogP) is 4.10. The van der Waals surface area contributed by atoms with Gasteiger partial charge in [-0.15, -0.1) is 0 Å². The van der Waals surface area contributed by atoms with Crippen molar-refractivity contribution < 1.29 is 9.53 Å². The van der Waals surface area contributed by atoms with E-state index in [1.54, 1.807) is 29.0 Å². The monoisotopic (exact) mass is 338 g/mol. The molecule has 0 saturated carbocycles. The van der Waals surface area contributed by atoms with E-state index in [-0.39, 0.29) is 6.61 Å². The van der Waals surface area contributed by atoms with Gasteiger partial charge in [-0.1, -0.05) is 29.3 Å². The first-order chi connectivity index (χ1) is 10.4. The van der Waals surface area contributed by atoms with Gasteiger partial charge in [0.1, 0.15) is 6.61 Å². The summed E-state index contributed by atoms with van der Waals surface area (Å²) in [6, 6.07) is 5.05. The van der Waals surface area contributed by atoms with E-state index in [1.807, 2.05) is 20.9 Å². The number of halogens is 2. The van der Waals surface area contributed by atoms with Crippen LogP contribution in [-0.4, -0.2) is 15.7 Å². The molecular formula is C16H16Cl2N2O2. The number of ether oxygens (including phenoxy) is 1. The summed E-state index contributed by atoms with van der Waals surface area (Å²) in [6.07, 6.45) is 3.10. The molecule has 0 N–H and O–H groups in total. The molecule has 0 fully saturated rings. The highest BCUT2D eigenvalue weighted by Crippen LogP contribution is 2.21. The third-order valence-corrected chi connectivity index (χ3v) is 3.92. The number of hydrogen-bond acceptors (Lipinski definition) is 3. The molecule has 6 heteroatoms. The molecule has 116 valence electrons. The fourth-order valence-electron chi connectivity index (χ4n) is 2.02. The van der Waals surface area contributed by atoms with Gasteiger partial charge in [-0.3, -0.25) is 4.68 Å². The zero-order valence-corrected chi connectivity index (χ0v) is 14.1. The molecule has 0 radical (unpaired) electrons. The fourth-order valence-corrected chi connectivity index (χ4v) is 2.48. The van der Waals surface area contributed by atoms with E-state index in [2.05, 4.69) is 5.10 Å².